The van der Waals surface area contributed by atoms with E-state index in [9.17, 15) is 4.79 Å². The summed E-state index contributed by atoms with van der Waals surface area (Å²) in [4.78, 5) is 20.8. The SMILES string of the molecule is CCNC(=NCC(C)N(C)C1CC1)NC1CN(C(=O)OC(C)(C)C)C1. The van der Waals surface area contributed by atoms with Gasteiger partial charge in [-0.1, -0.05) is 0 Å². The van der Waals surface area contributed by atoms with Gasteiger partial charge in [0.05, 0.1) is 12.6 Å². The van der Waals surface area contributed by atoms with E-state index in [0.717, 1.165) is 25.1 Å². The molecule has 7 heteroatoms. The van der Waals surface area contributed by atoms with Crippen molar-refractivity contribution >= 4 is 12.1 Å². The van der Waals surface area contributed by atoms with Crippen LogP contribution in [0.4, 0.5) is 4.79 Å². The van der Waals surface area contributed by atoms with Crippen LogP contribution in [0.15, 0.2) is 4.99 Å². The minimum Gasteiger partial charge on any atom is -0.444 e. The minimum atomic E-state index is -0.449. The predicted octanol–water partition coefficient (Wildman–Crippen LogP) is 1.64. The van der Waals surface area contributed by atoms with Gasteiger partial charge < -0.3 is 20.3 Å². The molecule has 2 rings (SSSR count). The van der Waals surface area contributed by atoms with Gasteiger partial charge in [0.25, 0.3) is 0 Å². The molecule has 2 N–H and O–H groups in total. The Labute approximate surface area is 152 Å². The van der Waals surface area contributed by atoms with E-state index >= 15 is 0 Å². The molecule has 25 heavy (non-hydrogen) atoms. The van der Waals surface area contributed by atoms with Gasteiger partial charge in [-0.05, 0) is 54.5 Å². The Hall–Kier alpha value is -1.50. The Morgan fingerprint density at radius 3 is 2.52 bits per heavy atom. The van der Waals surface area contributed by atoms with E-state index in [1.165, 1.54) is 12.8 Å². The van der Waals surface area contributed by atoms with Crippen molar-refractivity contribution in [2.24, 2.45) is 4.99 Å². The number of nitrogens with zero attached hydrogens (tertiary/aromatic N) is 3. The molecule has 1 unspecified atom stereocenters. The number of amides is 1. The van der Waals surface area contributed by atoms with Crippen molar-refractivity contribution in [3.8, 4) is 0 Å². The first-order valence-corrected chi connectivity index (χ1v) is 9.44. The largest absolute Gasteiger partial charge is 0.444 e. The van der Waals surface area contributed by atoms with Gasteiger partial charge in [-0.3, -0.25) is 9.89 Å². The van der Waals surface area contributed by atoms with E-state index in [1.54, 1.807) is 4.90 Å². The number of hydrogen-bond donors (Lipinski definition) is 2. The smallest absolute Gasteiger partial charge is 0.410 e. The van der Waals surface area contributed by atoms with E-state index in [2.05, 4.69) is 36.4 Å². The third-order valence-electron chi connectivity index (χ3n) is 4.55. The topological polar surface area (TPSA) is 69.2 Å². The average Bonchev–Trinajstić information content (AvgIpc) is 3.29. The lowest BCUT2D eigenvalue weighted by Crippen LogP contribution is -2.63. The number of likely N-dealkylation sites (tertiary alicyclic amines) is 1. The van der Waals surface area contributed by atoms with Crippen molar-refractivity contribution in [1.82, 2.24) is 20.4 Å². The van der Waals surface area contributed by atoms with Gasteiger partial charge in [0.2, 0.25) is 0 Å². The summed E-state index contributed by atoms with van der Waals surface area (Å²) in [7, 11) is 2.18. The molecule has 1 aliphatic carbocycles. The third-order valence-corrected chi connectivity index (χ3v) is 4.55. The fraction of sp³-hybridized carbons (Fsp3) is 0.889. The first kappa shape index (κ1) is 19.8. The summed E-state index contributed by atoms with van der Waals surface area (Å²) < 4.78 is 5.38. The number of nitrogens with one attached hydrogen (secondary N) is 2. The number of carbonyl (C=O) groups excluding carboxylic acids is 1. The normalized spacial score (nSPS) is 20.3. The summed E-state index contributed by atoms with van der Waals surface area (Å²) in [6.45, 7) is 12.8. The van der Waals surface area contributed by atoms with Gasteiger partial charge in [-0.15, -0.1) is 0 Å². The van der Waals surface area contributed by atoms with Crippen molar-refractivity contribution in [3.05, 3.63) is 0 Å². The molecule has 7 nitrogen and oxygen atoms in total. The summed E-state index contributed by atoms with van der Waals surface area (Å²) >= 11 is 0. The second kappa shape index (κ2) is 8.25. The van der Waals surface area contributed by atoms with Crippen LogP contribution in [-0.4, -0.2) is 78.8 Å². The van der Waals surface area contributed by atoms with Crippen molar-refractivity contribution in [2.45, 2.75) is 71.2 Å². The van der Waals surface area contributed by atoms with Crippen LogP contribution in [0.1, 0.15) is 47.5 Å². The maximum absolute atomic E-state index is 12.0. The first-order chi connectivity index (χ1) is 11.7. The van der Waals surface area contributed by atoms with Gasteiger partial charge in [-0.25, -0.2) is 4.79 Å². The van der Waals surface area contributed by atoms with Crippen LogP contribution in [0.5, 0.6) is 0 Å². The number of ether oxygens (including phenoxy) is 1. The van der Waals surface area contributed by atoms with Crippen molar-refractivity contribution in [2.75, 3.05) is 33.2 Å². The molecule has 1 heterocycles. The molecule has 0 aromatic rings. The minimum absolute atomic E-state index is 0.224. The van der Waals surface area contributed by atoms with Crippen LogP contribution in [0, 0.1) is 0 Å². The predicted molar refractivity (Wildman–Crippen MR) is 101 cm³/mol. The Balaban J connectivity index is 1.76. The highest BCUT2D eigenvalue weighted by atomic mass is 16.6. The second-order valence-electron chi connectivity index (χ2n) is 8.19. The summed E-state index contributed by atoms with van der Waals surface area (Å²) in [6, 6.07) is 1.40. The van der Waals surface area contributed by atoms with Crippen LogP contribution in [0.3, 0.4) is 0 Å². The van der Waals surface area contributed by atoms with Gasteiger partial charge in [0, 0.05) is 31.7 Å². The van der Waals surface area contributed by atoms with Gasteiger partial charge in [-0.2, -0.15) is 0 Å². The summed E-state index contributed by atoms with van der Waals surface area (Å²) in [5, 5.41) is 6.70. The lowest BCUT2D eigenvalue weighted by molar-refractivity contribution is 0.00700. The highest BCUT2D eigenvalue weighted by Crippen LogP contribution is 2.26. The third kappa shape index (κ3) is 6.38. The fourth-order valence-corrected chi connectivity index (χ4v) is 2.75. The molecule has 1 saturated carbocycles. The molecule has 1 aliphatic heterocycles. The Morgan fingerprint density at radius 2 is 2.00 bits per heavy atom. The maximum atomic E-state index is 12.0. The highest BCUT2D eigenvalue weighted by molar-refractivity contribution is 5.80. The van der Waals surface area contributed by atoms with Crippen LogP contribution in [-0.2, 0) is 4.74 Å². The van der Waals surface area contributed by atoms with E-state index in [1.807, 2.05) is 20.8 Å². The van der Waals surface area contributed by atoms with Gasteiger partial charge in [0.1, 0.15) is 5.60 Å². The molecule has 2 fully saturated rings. The number of rotatable bonds is 6. The summed E-state index contributed by atoms with van der Waals surface area (Å²) in [5.74, 6) is 0.826. The number of likely N-dealkylation sites (N-methyl/N-ethyl adjacent to an activating group) is 1. The zero-order valence-corrected chi connectivity index (χ0v) is 16.6. The van der Waals surface area contributed by atoms with E-state index in [0.29, 0.717) is 19.1 Å². The fourth-order valence-electron chi connectivity index (χ4n) is 2.75. The quantitative estimate of drug-likeness (QED) is 0.561. The summed E-state index contributed by atoms with van der Waals surface area (Å²) in [5.41, 5.74) is -0.449. The monoisotopic (exact) mass is 353 g/mol. The standard InChI is InChI=1S/C18H35N5O2/c1-7-19-16(20-10-13(2)22(6)15-8-9-15)21-14-11-23(12-14)17(24)25-18(3,4)5/h13-15H,7-12H2,1-6H3,(H2,19,20,21). The van der Waals surface area contributed by atoms with Crippen molar-refractivity contribution in [1.29, 1.82) is 0 Å². The molecule has 1 saturated heterocycles. The van der Waals surface area contributed by atoms with E-state index in [4.69, 9.17) is 9.73 Å². The number of hydrogen-bond acceptors (Lipinski definition) is 4. The molecule has 0 bridgehead atoms. The molecular weight excluding hydrogens is 318 g/mol. The maximum Gasteiger partial charge on any atom is 0.410 e. The van der Waals surface area contributed by atoms with Crippen LogP contribution >= 0.6 is 0 Å². The second-order valence-corrected chi connectivity index (χ2v) is 8.19. The Bertz CT molecular complexity index is 478. The van der Waals surface area contributed by atoms with Crippen LogP contribution in [0.2, 0.25) is 0 Å². The molecule has 1 atom stereocenters. The molecule has 0 radical (unpaired) electrons. The van der Waals surface area contributed by atoms with Crippen molar-refractivity contribution < 1.29 is 9.53 Å². The number of aliphatic imine (C=N–C) groups is 1. The highest BCUT2D eigenvalue weighted by Gasteiger charge is 2.34. The Morgan fingerprint density at radius 1 is 1.36 bits per heavy atom. The summed E-state index contributed by atoms with van der Waals surface area (Å²) in [6.07, 6.45) is 2.38. The molecule has 2 aliphatic rings. The number of carbonyl (C=O) groups is 1. The molecule has 1 amide bonds. The molecule has 144 valence electrons. The molecule has 0 aromatic heterocycles. The van der Waals surface area contributed by atoms with E-state index in [-0.39, 0.29) is 12.1 Å². The zero-order chi connectivity index (χ0) is 18.6. The van der Waals surface area contributed by atoms with Crippen LogP contribution < -0.4 is 10.6 Å². The molecule has 0 aromatic carbocycles. The lowest BCUT2D eigenvalue weighted by atomic mass is 10.1. The van der Waals surface area contributed by atoms with Gasteiger partial charge in [0.15, 0.2) is 5.96 Å². The average molecular weight is 354 g/mol. The molecular formula is C18H35N5O2. The zero-order valence-electron chi connectivity index (χ0n) is 16.6. The van der Waals surface area contributed by atoms with Gasteiger partial charge >= 0.3 is 6.09 Å². The van der Waals surface area contributed by atoms with Crippen molar-refractivity contribution in [3.63, 3.8) is 0 Å². The van der Waals surface area contributed by atoms with Crippen LogP contribution in [0.25, 0.3) is 0 Å². The Kier molecular flexibility index (Phi) is 6.54. The van der Waals surface area contributed by atoms with E-state index < -0.39 is 5.60 Å². The lowest BCUT2D eigenvalue weighted by Gasteiger charge is -2.40. The number of guanidine groups is 1. The first-order valence-electron chi connectivity index (χ1n) is 9.44. The molecule has 0 spiro atoms.